The van der Waals surface area contributed by atoms with Gasteiger partial charge in [-0.15, -0.1) is 0 Å². The van der Waals surface area contributed by atoms with Gasteiger partial charge in [0, 0.05) is 51.4 Å². The highest BCUT2D eigenvalue weighted by Gasteiger charge is 2.20. The van der Waals surface area contributed by atoms with Crippen molar-refractivity contribution in [3.05, 3.63) is 0 Å². The largest absolute Gasteiger partial charge is 0.381 e. The quantitative estimate of drug-likeness (QED) is 0.609. The molecule has 0 aromatic heterocycles. The van der Waals surface area contributed by atoms with Crippen LogP contribution in [0.2, 0.25) is 0 Å². The highest BCUT2D eigenvalue weighted by Crippen LogP contribution is 2.15. The molecule has 0 unspecified atom stereocenters. The van der Waals surface area contributed by atoms with Crippen molar-refractivity contribution in [3.8, 4) is 12.0 Å². The van der Waals surface area contributed by atoms with Crippen molar-refractivity contribution in [3.63, 3.8) is 0 Å². The predicted molar refractivity (Wildman–Crippen MR) is 65.4 cm³/mol. The topological polar surface area (TPSA) is 32.8 Å². The molecule has 0 aromatic carbocycles. The summed E-state index contributed by atoms with van der Waals surface area (Å²) in [6.07, 6.45) is 1.66. The number of piperazine rings is 1. The Morgan fingerprint density at radius 2 is 1.82 bits per heavy atom. The smallest absolute Gasteiger partial charge is 0.210 e. The van der Waals surface area contributed by atoms with Crippen LogP contribution < -0.4 is 0 Å². The Kier molecular flexibility index (Phi) is 4.41. The van der Waals surface area contributed by atoms with Crippen molar-refractivity contribution in [2.45, 2.75) is 12.8 Å². The minimum atomic E-state index is 0.0900. The molecule has 0 radical (unpaired) electrons. The monoisotopic (exact) mass is 236 g/mol. The fourth-order valence-corrected chi connectivity index (χ4v) is 2.11. The second-order valence-corrected chi connectivity index (χ2v) is 4.78. The molecule has 2 saturated heterocycles. The lowest BCUT2D eigenvalue weighted by atomic mass is 9.96. The Hall–Kier alpha value is -1.05. The van der Waals surface area contributed by atoms with E-state index < -0.39 is 0 Å². The molecule has 2 heterocycles. The fourth-order valence-electron chi connectivity index (χ4n) is 2.11. The summed E-state index contributed by atoms with van der Waals surface area (Å²) in [6, 6.07) is 3.01. The van der Waals surface area contributed by atoms with Crippen LogP contribution in [0, 0.1) is 17.9 Å². The van der Waals surface area contributed by atoms with Gasteiger partial charge in [0.05, 0.1) is 0 Å². The van der Waals surface area contributed by atoms with E-state index in [1.165, 1.54) is 0 Å². The zero-order valence-electron chi connectivity index (χ0n) is 10.4. The summed E-state index contributed by atoms with van der Waals surface area (Å²) in [5.74, 6) is 2.99. The van der Waals surface area contributed by atoms with Crippen LogP contribution in [0.4, 0.5) is 0 Å². The molecule has 4 nitrogen and oxygen atoms in total. The van der Waals surface area contributed by atoms with Gasteiger partial charge in [0.2, 0.25) is 5.78 Å². The average molecular weight is 236 g/mol. The zero-order chi connectivity index (χ0) is 12.1. The van der Waals surface area contributed by atoms with E-state index in [-0.39, 0.29) is 11.7 Å². The lowest BCUT2D eigenvalue weighted by Crippen LogP contribution is -2.42. The van der Waals surface area contributed by atoms with Crippen molar-refractivity contribution >= 4 is 5.78 Å². The summed E-state index contributed by atoms with van der Waals surface area (Å²) in [4.78, 5) is 16.2. The van der Waals surface area contributed by atoms with Crippen LogP contribution in [0.15, 0.2) is 0 Å². The molecule has 0 saturated carbocycles. The van der Waals surface area contributed by atoms with Gasteiger partial charge in [0.15, 0.2) is 0 Å². The van der Waals surface area contributed by atoms with E-state index in [9.17, 15) is 4.79 Å². The maximum Gasteiger partial charge on any atom is 0.210 e. The van der Waals surface area contributed by atoms with Crippen molar-refractivity contribution in [2.24, 2.45) is 5.92 Å². The molecule has 17 heavy (non-hydrogen) atoms. The number of rotatable bonds is 1. The summed E-state index contributed by atoms with van der Waals surface area (Å²) in [6.45, 7) is 5.33. The van der Waals surface area contributed by atoms with Gasteiger partial charge in [-0.3, -0.25) is 4.79 Å². The van der Waals surface area contributed by atoms with Crippen LogP contribution in [0.5, 0.6) is 0 Å². The highest BCUT2D eigenvalue weighted by molar-refractivity contribution is 5.97. The van der Waals surface area contributed by atoms with Gasteiger partial charge >= 0.3 is 0 Å². The molecule has 0 amide bonds. The zero-order valence-corrected chi connectivity index (χ0v) is 10.4. The molecule has 0 aromatic rings. The van der Waals surface area contributed by atoms with Crippen molar-refractivity contribution in [2.75, 3.05) is 46.4 Å². The number of carbonyl (C=O) groups excluding carboxylic acids is 1. The van der Waals surface area contributed by atoms with Crippen LogP contribution >= 0.6 is 0 Å². The number of Topliss-reactive ketones (excluding diaryl/α,β-unsaturated/α-hetero) is 1. The maximum absolute atomic E-state index is 11.8. The first-order valence-electron chi connectivity index (χ1n) is 6.32. The average Bonchev–Trinajstić information content (AvgIpc) is 2.39. The van der Waals surface area contributed by atoms with Crippen LogP contribution in [-0.2, 0) is 9.53 Å². The van der Waals surface area contributed by atoms with E-state index >= 15 is 0 Å². The lowest BCUT2D eigenvalue weighted by molar-refractivity contribution is -0.120. The van der Waals surface area contributed by atoms with Crippen molar-refractivity contribution in [1.29, 1.82) is 0 Å². The van der Waals surface area contributed by atoms with Gasteiger partial charge in [0.1, 0.15) is 0 Å². The number of nitrogens with zero attached hydrogens (tertiary/aromatic N) is 2. The van der Waals surface area contributed by atoms with Gasteiger partial charge in [-0.2, -0.15) is 0 Å². The Morgan fingerprint density at radius 1 is 1.18 bits per heavy atom. The molecule has 0 aliphatic carbocycles. The van der Waals surface area contributed by atoms with E-state index in [0.717, 1.165) is 39.0 Å². The molecule has 94 valence electrons. The Bertz CT molecular complexity index is 318. The first kappa shape index (κ1) is 12.4. The minimum Gasteiger partial charge on any atom is -0.381 e. The molecule has 2 aliphatic rings. The van der Waals surface area contributed by atoms with E-state index in [0.29, 0.717) is 13.2 Å². The summed E-state index contributed by atoms with van der Waals surface area (Å²) >= 11 is 0. The van der Waals surface area contributed by atoms with Gasteiger partial charge < -0.3 is 14.5 Å². The number of hydrogen-bond donors (Lipinski definition) is 0. The van der Waals surface area contributed by atoms with E-state index in [1.54, 1.807) is 0 Å². The Labute approximate surface area is 103 Å². The number of ether oxygens (including phenoxy) is 1. The summed E-state index contributed by atoms with van der Waals surface area (Å²) in [5.41, 5.74) is 0. The van der Waals surface area contributed by atoms with E-state index in [1.807, 2.05) is 0 Å². The van der Waals surface area contributed by atoms with Crippen LogP contribution in [-0.4, -0.2) is 62.0 Å². The van der Waals surface area contributed by atoms with Crippen molar-refractivity contribution in [1.82, 2.24) is 9.80 Å². The predicted octanol–water partition coefficient (Wildman–Crippen LogP) is 0.190. The second-order valence-electron chi connectivity index (χ2n) is 4.78. The Balaban J connectivity index is 1.81. The van der Waals surface area contributed by atoms with E-state index in [4.69, 9.17) is 4.74 Å². The molecule has 2 fully saturated rings. The van der Waals surface area contributed by atoms with E-state index in [2.05, 4.69) is 28.8 Å². The summed E-state index contributed by atoms with van der Waals surface area (Å²) in [7, 11) is 2.11. The molecular weight excluding hydrogens is 216 g/mol. The molecule has 2 rings (SSSR count). The van der Waals surface area contributed by atoms with Gasteiger partial charge in [-0.25, -0.2) is 0 Å². The maximum atomic E-state index is 11.8. The van der Waals surface area contributed by atoms with Crippen molar-refractivity contribution < 1.29 is 9.53 Å². The highest BCUT2D eigenvalue weighted by atomic mass is 16.5. The lowest BCUT2D eigenvalue weighted by Gasteiger charge is -2.29. The molecular formula is C13H20N2O2. The molecule has 2 aliphatic heterocycles. The fraction of sp³-hybridized carbons (Fsp3) is 0.769. The summed E-state index contributed by atoms with van der Waals surface area (Å²) in [5, 5.41) is 0. The molecule has 4 heteroatoms. The van der Waals surface area contributed by atoms with Crippen LogP contribution in [0.25, 0.3) is 0 Å². The standard InChI is InChI=1S/C13H20N2O2/c1-14-6-8-15(9-7-14)5-2-13(16)12-3-10-17-11-4-12/h12H,3-4,6-11H2,1H3. The third-order valence-corrected chi connectivity index (χ3v) is 3.43. The Morgan fingerprint density at radius 3 is 2.47 bits per heavy atom. The summed E-state index contributed by atoms with van der Waals surface area (Å²) < 4.78 is 5.24. The first-order chi connectivity index (χ1) is 8.25. The second kappa shape index (κ2) is 6.04. The van der Waals surface area contributed by atoms with Gasteiger partial charge in [-0.1, -0.05) is 0 Å². The number of likely N-dealkylation sites (N-methyl/N-ethyl adjacent to an activating group) is 1. The molecule has 0 bridgehead atoms. The van der Waals surface area contributed by atoms with Gasteiger partial charge in [0.25, 0.3) is 0 Å². The molecule has 0 spiro atoms. The molecule has 0 N–H and O–H groups in total. The number of hydrogen-bond acceptors (Lipinski definition) is 4. The first-order valence-corrected chi connectivity index (χ1v) is 6.32. The number of carbonyl (C=O) groups is 1. The molecule has 0 atom stereocenters. The third kappa shape index (κ3) is 3.72. The SMILES string of the molecule is CN1CCN(C#CC(=O)C2CCOCC2)CC1. The van der Waals surface area contributed by atoms with Gasteiger partial charge in [-0.05, 0) is 25.8 Å². The van der Waals surface area contributed by atoms with Crippen LogP contribution in [0.3, 0.4) is 0 Å². The number of ketones is 1. The van der Waals surface area contributed by atoms with Crippen LogP contribution in [0.1, 0.15) is 12.8 Å². The normalized spacial score (nSPS) is 23.0. The third-order valence-electron chi connectivity index (χ3n) is 3.43. The minimum absolute atomic E-state index is 0.0900.